The van der Waals surface area contributed by atoms with Crippen molar-refractivity contribution in [2.45, 2.75) is 41.0 Å². The third-order valence-corrected chi connectivity index (χ3v) is 6.22. The Labute approximate surface area is 174 Å². The number of aryl methyl sites for hydroxylation is 4. The molecule has 1 aliphatic heterocycles. The van der Waals surface area contributed by atoms with Crippen LogP contribution in [-0.4, -0.2) is 27.6 Å². The van der Waals surface area contributed by atoms with Crippen molar-refractivity contribution in [1.29, 1.82) is 5.26 Å². The molecular weight excluding hydrogens is 414 g/mol. The molecule has 3 heterocycles. The zero-order valence-corrected chi connectivity index (χ0v) is 18.6. The highest BCUT2D eigenvalue weighted by Gasteiger charge is 2.31. The fraction of sp³-hybridized carbons (Fsp3) is 0.409. The van der Waals surface area contributed by atoms with Crippen LogP contribution in [0.2, 0.25) is 0 Å². The normalized spacial score (nSPS) is 14.4. The molecule has 1 aliphatic rings. The fourth-order valence-electron chi connectivity index (χ4n) is 4.31. The lowest BCUT2D eigenvalue weighted by atomic mass is 9.96. The van der Waals surface area contributed by atoms with Gasteiger partial charge >= 0.3 is 0 Å². The van der Waals surface area contributed by atoms with E-state index in [-0.39, 0.29) is 0 Å². The molecule has 0 radical (unpaired) electrons. The molecule has 1 aromatic carbocycles. The van der Waals surface area contributed by atoms with Crippen LogP contribution in [0.1, 0.15) is 34.6 Å². The van der Waals surface area contributed by atoms with E-state index in [1.165, 1.54) is 28.1 Å². The summed E-state index contributed by atoms with van der Waals surface area (Å²) in [5.74, 6) is 2.22. The van der Waals surface area contributed by atoms with Gasteiger partial charge in [-0.15, -0.1) is 0 Å². The first-order valence-electron chi connectivity index (χ1n) is 9.57. The van der Waals surface area contributed by atoms with Crippen LogP contribution in [0, 0.1) is 51.9 Å². The number of anilines is 1. The van der Waals surface area contributed by atoms with Gasteiger partial charge in [-0.2, -0.15) is 5.26 Å². The summed E-state index contributed by atoms with van der Waals surface area (Å²) in [4.78, 5) is 11.9. The quantitative estimate of drug-likeness (QED) is 0.573. The maximum Gasteiger partial charge on any atom is 0.150 e. The first-order chi connectivity index (χ1) is 13.3. The molecule has 0 atom stereocenters. The molecule has 0 unspecified atom stereocenters. The molecule has 3 aromatic rings. The van der Waals surface area contributed by atoms with E-state index >= 15 is 0 Å². The average Bonchev–Trinajstić information content (AvgIpc) is 2.81. The van der Waals surface area contributed by atoms with E-state index in [1.54, 1.807) is 0 Å². The van der Waals surface area contributed by atoms with E-state index in [2.05, 4.69) is 71.3 Å². The van der Waals surface area contributed by atoms with Crippen molar-refractivity contribution in [3.8, 4) is 11.8 Å². The first kappa shape index (κ1) is 18.9. The zero-order valence-electron chi connectivity index (χ0n) is 17.0. The Kier molecular flexibility index (Phi) is 4.67. The second kappa shape index (κ2) is 6.89. The summed E-state index contributed by atoms with van der Waals surface area (Å²) in [6.45, 7) is 12.3. The summed E-state index contributed by atoms with van der Waals surface area (Å²) < 4.78 is 3.37. The Morgan fingerprint density at radius 3 is 2.36 bits per heavy atom. The van der Waals surface area contributed by atoms with Crippen molar-refractivity contribution in [1.82, 2.24) is 14.5 Å². The van der Waals surface area contributed by atoms with Crippen molar-refractivity contribution in [2.75, 3.05) is 18.0 Å². The number of aromatic nitrogens is 3. The maximum absolute atomic E-state index is 8.95. The smallest absolute Gasteiger partial charge is 0.150 e. The molecule has 0 N–H and O–H groups in total. The van der Waals surface area contributed by atoms with Crippen LogP contribution < -0.4 is 4.90 Å². The maximum atomic E-state index is 8.95. The van der Waals surface area contributed by atoms with Crippen LogP contribution in [0.15, 0.2) is 16.6 Å². The molecule has 0 bridgehead atoms. The fourth-order valence-corrected chi connectivity index (χ4v) is 4.99. The Bertz CT molecular complexity index is 1110. The predicted octanol–water partition coefficient (Wildman–Crippen LogP) is 5.07. The van der Waals surface area contributed by atoms with E-state index < -0.39 is 0 Å². The second-order valence-electron chi connectivity index (χ2n) is 7.86. The summed E-state index contributed by atoms with van der Waals surface area (Å²) >= 11 is 3.61. The van der Waals surface area contributed by atoms with Crippen molar-refractivity contribution >= 4 is 32.8 Å². The number of fused-ring (bicyclic) bond motifs is 1. The number of benzene rings is 1. The molecule has 2 aromatic heterocycles. The van der Waals surface area contributed by atoms with Crippen LogP contribution in [0.5, 0.6) is 0 Å². The Balaban J connectivity index is 1.94. The minimum Gasteiger partial charge on any atom is -0.355 e. The van der Waals surface area contributed by atoms with Crippen molar-refractivity contribution in [3.05, 3.63) is 44.8 Å². The average molecular weight is 438 g/mol. The molecule has 144 valence electrons. The van der Waals surface area contributed by atoms with Gasteiger partial charge in [0, 0.05) is 35.6 Å². The number of halogens is 1. The van der Waals surface area contributed by atoms with E-state index in [0.29, 0.717) is 12.3 Å². The molecule has 0 spiro atoms. The Morgan fingerprint density at radius 1 is 1.11 bits per heavy atom. The summed E-state index contributed by atoms with van der Waals surface area (Å²) in [5.41, 5.74) is 6.99. The van der Waals surface area contributed by atoms with E-state index in [1.807, 2.05) is 6.92 Å². The van der Waals surface area contributed by atoms with Crippen LogP contribution in [0.4, 0.5) is 5.82 Å². The van der Waals surface area contributed by atoms with Crippen LogP contribution in [0.3, 0.4) is 0 Å². The zero-order chi connectivity index (χ0) is 20.2. The van der Waals surface area contributed by atoms with Gasteiger partial charge in [0.25, 0.3) is 0 Å². The molecule has 0 saturated carbocycles. The molecule has 6 heteroatoms. The molecule has 5 nitrogen and oxygen atoms in total. The Morgan fingerprint density at radius 2 is 1.75 bits per heavy atom. The number of nitriles is 1. The van der Waals surface area contributed by atoms with E-state index in [4.69, 9.17) is 15.2 Å². The lowest BCUT2D eigenvalue weighted by Crippen LogP contribution is -2.47. The lowest BCUT2D eigenvalue weighted by molar-refractivity contribution is 0.416. The predicted molar refractivity (Wildman–Crippen MR) is 116 cm³/mol. The minimum atomic E-state index is 0.440. The highest BCUT2D eigenvalue weighted by atomic mass is 79.9. The van der Waals surface area contributed by atoms with Crippen LogP contribution in [0.25, 0.3) is 16.7 Å². The molecule has 4 rings (SSSR count). The number of rotatable bonds is 3. The molecular formula is C22H24BrN5. The third-order valence-electron chi connectivity index (χ3n) is 5.76. The van der Waals surface area contributed by atoms with Crippen molar-refractivity contribution in [3.63, 3.8) is 0 Å². The van der Waals surface area contributed by atoms with Gasteiger partial charge < -0.3 is 4.90 Å². The molecule has 0 amide bonds. The van der Waals surface area contributed by atoms with Crippen molar-refractivity contribution in [2.24, 2.45) is 5.92 Å². The summed E-state index contributed by atoms with van der Waals surface area (Å²) in [7, 11) is 0. The molecule has 28 heavy (non-hydrogen) atoms. The van der Waals surface area contributed by atoms with Gasteiger partial charge in [-0.25, -0.2) is 9.97 Å². The SMILES string of the molecule is Cc1nc(N2CC(CC#N)C2)c2c(C)c(C)n(-c3c(C)cc(Br)cc3C)c2n1. The number of hydrogen-bond acceptors (Lipinski definition) is 4. The topological polar surface area (TPSA) is 57.7 Å². The van der Waals surface area contributed by atoms with Crippen LogP contribution in [-0.2, 0) is 0 Å². The van der Waals surface area contributed by atoms with Gasteiger partial charge in [-0.1, -0.05) is 15.9 Å². The largest absolute Gasteiger partial charge is 0.355 e. The van der Waals surface area contributed by atoms with Gasteiger partial charge in [0.15, 0.2) is 5.65 Å². The van der Waals surface area contributed by atoms with E-state index in [0.717, 1.165) is 40.2 Å². The molecule has 1 fully saturated rings. The standard InChI is InChI=1S/C22H24BrN5/c1-12-8-18(23)9-13(2)20(12)28-15(4)14(3)19-21(25-16(5)26-22(19)28)27-10-17(11-27)6-7-24/h8-9,17H,6,10-11H2,1-5H3. The summed E-state index contributed by atoms with van der Waals surface area (Å²) in [6, 6.07) is 6.59. The molecule has 1 saturated heterocycles. The summed E-state index contributed by atoms with van der Waals surface area (Å²) in [5, 5.41) is 10.1. The van der Waals surface area contributed by atoms with Gasteiger partial charge in [-0.3, -0.25) is 4.57 Å². The van der Waals surface area contributed by atoms with Gasteiger partial charge in [-0.05, 0) is 63.4 Å². The van der Waals surface area contributed by atoms with Crippen LogP contribution >= 0.6 is 15.9 Å². The lowest BCUT2D eigenvalue weighted by Gasteiger charge is -2.39. The summed E-state index contributed by atoms with van der Waals surface area (Å²) in [6.07, 6.45) is 0.611. The monoisotopic (exact) mass is 437 g/mol. The van der Waals surface area contributed by atoms with E-state index in [9.17, 15) is 0 Å². The highest BCUT2D eigenvalue weighted by Crippen LogP contribution is 2.38. The van der Waals surface area contributed by atoms with Gasteiger partial charge in [0.1, 0.15) is 11.6 Å². The highest BCUT2D eigenvalue weighted by molar-refractivity contribution is 9.10. The van der Waals surface area contributed by atoms with Gasteiger partial charge in [0.05, 0.1) is 17.1 Å². The number of nitrogens with zero attached hydrogens (tertiary/aromatic N) is 5. The molecule has 0 aliphatic carbocycles. The number of hydrogen-bond donors (Lipinski definition) is 0. The Hall–Kier alpha value is -2.39. The minimum absolute atomic E-state index is 0.440. The second-order valence-corrected chi connectivity index (χ2v) is 8.78. The van der Waals surface area contributed by atoms with Gasteiger partial charge in [0.2, 0.25) is 0 Å². The van der Waals surface area contributed by atoms with Crippen molar-refractivity contribution < 1.29 is 0 Å². The first-order valence-corrected chi connectivity index (χ1v) is 10.4. The third kappa shape index (κ3) is 2.89.